The van der Waals surface area contributed by atoms with Crippen molar-refractivity contribution >= 4 is 0 Å². The predicted molar refractivity (Wildman–Crippen MR) is 43.3 cm³/mol. The van der Waals surface area contributed by atoms with E-state index in [4.69, 9.17) is 11.5 Å². The van der Waals surface area contributed by atoms with E-state index in [-0.39, 0.29) is 0 Å². The molecule has 0 saturated heterocycles. The first-order valence-corrected chi connectivity index (χ1v) is 3.60. The monoisotopic (exact) mass is 132 g/mol. The lowest BCUT2D eigenvalue weighted by Gasteiger charge is -1.81. The van der Waals surface area contributed by atoms with Crippen LogP contribution in [0.25, 0.3) is 0 Å². The van der Waals surface area contributed by atoms with Gasteiger partial charge in [-0.25, -0.2) is 0 Å². The average molecular weight is 132 g/mol. The number of unbranched alkanes of at least 4 members (excludes halogenated alkanes) is 1. The Hall–Kier alpha value is -0.0800. The molecule has 4 N–H and O–H groups in total. The van der Waals surface area contributed by atoms with Gasteiger partial charge in [0.25, 0.3) is 0 Å². The molecule has 0 unspecified atom stereocenters. The maximum absolute atomic E-state index is 5.14. The van der Waals surface area contributed by atoms with Gasteiger partial charge in [0.05, 0.1) is 0 Å². The van der Waals surface area contributed by atoms with Crippen LogP contribution in [0.15, 0.2) is 0 Å². The van der Waals surface area contributed by atoms with Gasteiger partial charge in [0.15, 0.2) is 0 Å². The van der Waals surface area contributed by atoms with Crippen molar-refractivity contribution in [1.29, 1.82) is 0 Å². The van der Waals surface area contributed by atoms with Crippen molar-refractivity contribution in [1.82, 2.24) is 0 Å². The zero-order valence-corrected chi connectivity index (χ0v) is 6.85. The highest BCUT2D eigenvalue weighted by Crippen LogP contribution is 1.77. The molecule has 0 aromatic heterocycles. The lowest BCUT2D eigenvalue weighted by atomic mass is 10.3. The van der Waals surface area contributed by atoms with Gasteiger partial charge in [0.1, 0.15) is 0 Å². The summed E-state index contributed by atoms with van der Waals surface area (Å²) in [6.45, 7) is 6.86. The Morgan fingerprint density at radius 1 is 1.33 bits per heavy atom. The maximum atomic E-state index is 5.14. The molecule has 2 heteroatoms. The van der Waals surface area contributed by atoms with E-state index in [1.54, 1.807) is 0 Å². The molecule has 0 spiro atoms. The molecule has 0 amide bonds. The predicted octanol–water partition coefficient (Wildman–Crippen LogP) is 1.10. The molecule has 0 fully saturated rings. The van der Waals surface area contributed by atoms with Gasteiger partial charge in [-0.1, -0.05) is 27.2 Å². The third-order valence-corrected chi connectivity index (χ3v) is 0.558. The summed E-state index contributed by atoms with van der Waals surface area (Å²) in [5.74, 6) is 0. The largest absolute Gasteiger partial charge is 0.330 e. The van der Waals surface area contributed by atoms with Crippen LogP contribution in [0, 0.1) is 0 Å². The quantitative estimate of drug-likeness (QED) is 0.591. The minimum atomic E-state index is 0.333. The summed E-state index contributed by atoms with van der Waals surface area (Å²) in [6.07, 6.45) is 2.39. The average Bonchev–Trinajstić information content (AvgIpc) is 1.66. The summed E-state index contributed by atoms with van der Waals surface area (Å²) in [7, 11) is 0. The Morgan fingerprint density at radius 3 is 1.67 bits per heavy atom. The van der Waals surface area contributed by atoms with Gasteiger partial charge in [0, 0.05) is 0 Å². The molecule has 0 aliphatic rings. The number of rotatable bonds is 2. The van der Waals surface area contributed by atoms with E-state index in [9.17, 15) is 0 Å². The summed E-state index contributed by atoms with van der Waals surface area (Å²) < 4.78 is 0. The van der Waals surface area contributed by atoms with Crippen LogP contribution in [0.1, 0.15) is 33.6 Å². The normalized spacial score (nSPS) is 8.67. The van der Waals surface area contributed by atoms with Crippen molar-refractivity contribution in [3.8, 4) is 0 Å². The van der Waals surface area contributed by atoms with E-state index >= 15 is 0 Å². The van der Waals surface area contributed by atoms with Gasteiger partial charge in [-0.05, 0) is 19.0 Å². The minimum Gasteiger partial charge on any atom is -0.330 e. The van der Waals surface area contributed by atoms with Crippen LogP contribution >= 0.6 is 0 Å². The summed E-state index contributed by atoms with van der Waals surface area (Å²) >= 11 is 0. The molecule has 58 valence electrons. The highest BCUT2D eigenvalue weighted by Gasteiger charge is 1.68. The molecule has 0 aromatic carbocycles. The summed E-state index contributed by atoms with van der Waals surface area (Å²) in [4.78, 5) is 0. The Labute approximate surface area is 58.6 Å². The van der Waals surface area contributed by atoms with E-state index in [1.165, 1.54) is 12.8 Å². The first-order chi connectivity index (χ1) is 4.15. The SMILES string of the molecule is CC(C)N.CCCCN. The van der Waals surface area contributed by atoms with Gasteiger partial charge < -0.3 is 11.5 Å². The van der Waals surface area contributed by atoms with E-state index in [0.717, 1.165) is 6.54 Å². The second kappa shape index (κ2) is 10.8. The molecule has 0 atom stereocenters. The molecule has 0 aliphatic carbocycles. The Bertz CT molecular complexity index is 31.1. The standard InChI is InChI=1S/C4H11N.C3H9N/c1-2-3-4-5;1-3(2)4/h2-5H2,1H3;3H,4H2,1-2H3. The van der Waals surface area contributed by atoms with E-state index in [2.05, 4.69) is 6.92 Å². The molecular weight excluding hydrogens is 112 g/mol. The lowest BCUT2D eigenvalue weighted by molar-refractivity contribution is 0.807. The van der Waals surface area contributed by atoms with Crippen molar-refractivity contribution in [2.75, 3.05) is 6.54 Å². The van der Waals surface area contributed by atoms with Crippen molar-refractivity contribution in [2.24, 2.45) is 11.5 Å². The number of hydrogen-bond acceptors (Lipinski definition) is 2. The van der Waals surface area contributed by atoms with Crippen molar-refractivity contribution in [2.45, 2.75) is 39.7 Å². The van der Waals surface area contributed by atoms with Crippen LogP contribution in [-0.2, 0) is 0 Å². The fourth-order valence-electron chi connectivity index (χ4n) is 0.204. The zero-order chi connectivity index (χ0) is 7.70. The first-order valence-electron chi connectivity index (χ1n) is 3.60. The van der Waals surface area contributed by atoms with Crippen LogP contribution in [0.5, 0.6) is 0 Å². The second-order valence-corrected chi connectivity index (χ2v) is 2.39. The number of nitrogens with two attached hydrogens (primary N) is 2. The minimum absolute atomic E-state index is 0.333. The van der Waals surface area contributed by atoms with Crippen molar-refractivity contribution in [3.05, 3.63) is 0 Å². The third-order valence-electron chi connectivity index (χ3n) is 0.558. The molecule has 0 bridgehead atoms. The number of hydrogen-bond donors (Lipinski definition) is 2. The lowest BCUT2D eigenvalue weighted by Crippen LogP contribution is -2.06. The fourth-order valence-corrected chi connectivity index (χ4v) is 0.204. The first kappa shape index (κ1) is 11.7. The Morgan fingerprint density at radius 2 is 1.67 bits per heavy atom. The smallest absolute Gasteiger partial charge is 0.00179 e. The van der Waals surface area contributed by atoms with Crippen molar-refractivity contribution in [3.63, 3.8) is 0 Å². The summed E-state index contributed by atoms with van der Waals surface area (Å²) in [6, 6.07) is 0.333. The van der Waals surface area contributed by atoms with Gasteiger partial charge in [0.2, 0.25) is 0 Å². The topological polar surface area (TPSA) is 52.0 Å². The molecule has 0 rings (SSSR count). The fraction of sp³-hybridized carbons (Fsp3) is 1.00. The van der Waals surface area contributed by atoms with Gasteiger partial charge in [-0.15, -0.1) is 0 Å². The molecule has 0 heterocycles. The van der Waals surface area contributed by atoms with Crippen LogP contribution in [0.2, 0.25) is 0 Å². The highest BCUT2D eigenvalue weighted by atomic mass is 14.6. The van der Waals surface area contributed by atoms with Crippen LogP contribution in [0.4, 0.5) is 0 Å². The van der Waals surface area contributed by atoms with E-state index < -0.39 is 0 Å². The van der Waals surface area contributed by atoms with E-state index in [1.807, 2.05) is 13.8 Å². The van der Waals surface area contributed by atoms with Gasteiger partial charge >= 0.3 is 0 Å². The molecule has 0 radical (unpaired) electrons. The Kier molecular flexibility index (Phi) is 14.0. The van der Waals surface area contributed by atoms with Crippen LogP contribution in [0.3, 0.4) is 0 Å². The molecule has 0 aromatic rings. The third kappa shape index (κ3) is 75.3. The van der Waals surface area contributed by atoms with Crippen LogP contribution in [-0.4, -0.2) is 12.6 Å². The van der Waals surface area contributed by atoms with Crippen molar-refractivity contribution < 1.29 is 0 Å². The molecular formula is C7H20N2. The highest BCUT2D eigenvalue weighted by molar-refractivity contribution is 4.32. The molecule has 0 aliphatic heterocycles. The summed E-state index contributed by atoms with van der Waals surface area (Å²) in [5.41, 5.74) is 10.3. The molecule has 9 heavy (non-hydrogen) atoms. The second-order valence-electron chi connectivity index (χ2n) is 2.39. The molecule has 2 nitrogen and oxygen atoms in total. The zero-order valence-electron chi connectivity index (χ0n) is 6.85. The van der Waals surface area contributed by atoms with Gasteiger partial charge in [-0.2, -0.15) is 0 Å². The maximum Gasteiger partial charge on any atom is -0.00179 e. The summed E-state index contributed by atoms with van der Waals surface area (Å²) in [5, 5.41) is 0. The Balaban J connectivity index is 0. The van der Waals surface area contributed by atoms with E-state index in [0.29, 0.717) is 6.04 Å². The van der Waals surface area contributed by atoms with Gasteiger partial charge in [-0.3, -0.25) is 0 Å². The molecule has 0 saturated carbocycles. The van der Waals surface area contributed by atoms with Crippen LogP contribution < -0.4 is 11.5 Å².